The lowest BCUT2D eigenvalue weighted by atomic mass is 9.91. The molecule has 6 nitrogen and oxygen atoms in total. The van der Waals surface area contributed by atoms with Gasteiger partial charge in [0.2, 0.25) is 11.8 Å². The van der Waals surface area contributed by atoms with Crippen molar-refractivity contribution in [2.24, 2.45) is 0 Å². The van der Waals surface area contributed by atoms with Crippen molar-refractivity contribution in [3.63, 3.8) is 0 Å². The summed E-state index contributed by atoms with van der Waals surface area (Å²) in [5.74, 6) is 1.40. The molecule has 1 aromatic carbocycles. The number of benzene rings is 1. The maximum Gasteiger partial charge on any atom is 0.223 e. The van der Waals surface area contributed by atoms with Crippen LogP contribution in [0.1, 0.15) is 17.7 Å². The van der Waals surface area contributed by atoms with Crippen molar-refractivity contribution in [1.29, 1.82) is 0 Å². The summed E-state index contributed by atoms with van der Waals surface area (Å²) in [6, 6.07) is 15.9. The fourth-order valence-electron chi connectivity index (χ4n) is 3.26. The number of furan rings is 1. The Morgan fingerprint density at radius 1 is 1.12 bits per heavy atom. The molecule has 26 heavy (non-hydrogen) atoms. The van der Waals surface area contributed by atoms with Gasteiger partial charge in [-0.25, -0.2) is 9.97 Å². The van der Waals surface area contributed by atoms with Crippen LogP contribution in [0.25, 0.3) is 17.2 Å². The van der Waals surface area contributed by atoms with Gasteiger partial charge in [0.05, 0.1) is 16.7 Å². The number of nitrogens with two attached hydrogens (primary N) is 1. The first-order chi connectivity index (χ1) is 12.8. The van der Waals surface area contributed by atoms with Gasteiger partial charge in [0, 0.05) is 6.07 Å². The molecule has 2 N–H and O–H groups in total. The molecule has 1 aliphatic heterocycles. The predicted octanol–water partition coefficient (Wildman–Crippen LogP) is 3.86. The minimum atomic E-state index is -0.298. The standard InChI is InChI=1S/C19H15N5OS/c20-18-21-15(19(9-5-11-26-19)13-6-2-1-3-7-13)12-16-22-17(23-24(16)18)14-8-4-10-25-14/h1-8,10-12H,9H2,(H2,20,21). The summed E-state index contributed by atoms with van der Waals surface area (Å²) in [5, 5.41) is 6.54. The van der Waals surface area contributed by atoms with Crippen LogP contribution in [0, 0.1) is 0 Å². The first-order valence-electron chi connectivity index (χ1n) is 8.22. The summed E-state index contributed by atoms with van der Waals surface area (Å²) >= 11 is 1.74. The lowest BCUT2D eigenvalue weighted by molar-refractivity contribution is 0.577. The van der Waals surface area contributed by atoms with Crippen LogP contribution in [-0.2, 0) is 4.75 Å². The van der Waals surface area contributed by atoms with Crippen molar-refractivity contribution < 1.29 is 4.42 Å². The van der Waals surface area contributed by atoms with Crippen LogP contribution >= 0.6 is 11.8 Å². The van der Waals surface area contributed by atoms with Gasteiger partial charge in [0.25, 0.3) is 0 Å². The largest absolute Gasteiger partial charge is 0.461 e. The number of hydrogen-bond acceptors (Lipinski definition) is 6. The number of aromatic nitrogens is 4. The van der Waals surface area contributed by atoms with Crippen molar-refractivity contribution in [2.45, 2.75) is 11.2 Å². The third-order valence-electron chi connectivity index (χ3n) is 4.52. The second kappa shape index (κ2) is 5.74. The predicted molar refractivity (Wildman–Crippen MR) is 101 cm³/mol. The van der Waals surface area contributed by atoms with Gasteiger partial charge in [0.15, 0.2) is 11.4 Å². The van der Waals surface area contributed by atoms with E-state index in [4.69, 9.17) is 10.2 Å². The average Bonchev–Trinajstić information content (AvgIpc) is 3.41. The number of rotatable bonds is 3. The monoisotopic (exact) mass is 361 g/mol. The van der Waals surface area contributed by atoms with E-state index in [9.17, 15) is 0 Å². The molecule has 0 aliphatic carbocycles. The Kier molecular flexibility index (Phi) is 3.36. The molecular weight excluding hydrogens is 346 g/mol. The van der Waals surface area contributed by atoms with Crippen LogP contribution in [0.5, 0.6) is 0 Å². The van der Waals surface area contributed by atoms with Crippen molar-refractivity contribution in [1.82, 2.24) is 19.6 Å². The van der Waals surface area contributed by atoms with E-state index in [0.29, 0.717) is 23.2 Å². The average molecular weight is 361 g/mol. The second-order valence-corrected chi connectivity index (χ2v) is 7.27. The van der Waals surface area contributed by atoms with Crippen molar-refractivity contribution in [3.05, 3.63) is 77.5 Å². The Morgan fingerprint density at radius 3 is 2.73 bits per heavy atom. The zero-order valence-electron chi connectivity index (χ0n) is 13.7. The van der Waals surface area contributed by atoms with Crippen LogP contribution in [0.15, 0.2) is 70.7 Å². The molecule has 0 spiro atoms. The highest BCUT2D eigenvalue weighted by molar-refractivity contribution is 8.03. The maximum absolute atomic E-state index is 6.22. The Bertz CT molecular complexity index is 1090. The lowest BCUT2D eigenvalue weighted by Crippen LogP contribution is -2.23. The number of allylic oxidation sites excluding steroid dienone is 1. The van der Waals surface area contributed by atoms with Crippen molar-refractivity contribution in [3.8, 4) is 11.6 Å². The molecule has 0 saturated heterocycles. The second-order valence-electron chi connectivity index (χ2n) is 6.07. The molecule has 0 fully saturated rings. The lowest BCUT2D eigenvalue weighted by Gasteiger charge is -2.28. The molecule has 7 heteroatoms. The highest BCUT2D eigenvalue weighted by Gasteiger charge is 2.38. The van der Waals surface area contributed by atoms with Gasteiger partial charge in [0.1, 0.15) is 0 Å². The van der Waals surface area contributed by atoms with Gasteiger partial charge in [-0.2, -0.15) is 4.52 Å². The topological polar surface area (TPSA) is 82.2 Å². The molecule has 128 valence electrons. The number of nitrogen functional groups attached to an aromatic ring is 1. The molecule has 1 aliphatic rings. The normalized spacial score (nSPS) is 19.4. The molecular formula is C19H15N5OS. The molecule has 1 unspecified atom stereocenters. The van der Waals surface area contributed by atoms with Crippen LogP contribution in [0.4, 0.5) is 5.95 Å². The van der Waals surface area contributed by atoms with E-state index in [2.05, 4.69) is 38.7 Å². The molecule has 1 atom stereocenters. The third kappa shape index (κ3) is 2.24. The number of thioether (sulfide) groups is 1. The minimum Gasteiger partial charge on any atom is -0.461 e. The van der Waals surface area contributed by atoms with Crippen LogP contribution in [0.3, 0.4) is 0 Å². The van der Waals surface area contributed by atoms with E-state index in [1.165, 1.54) is 5.56 Å². The summed E-state index contributed by atoms with van der Waals surface area (Å²) in [5.41, 5.74) is 8.94. The van der Waals surface area contributed by atoms with E-state index in [1.54, 1.807) is 28.6 Å². The van der Waals surface area contributed by atoms with E-state index in [-0.39, 0.29) is 4.75 Å². The number of anilines is 1. The fraction of sp³-hybridized carbons (Fsp3) is 0.105. The molecule has 3 aromatic heterocycles. The van der Waals surface area contributed by atoms with E-state index < -0.39 is 0 Å². The van der Waals surface area contributed by atoms with Gasteiger partial charge in [-0.05, 0) is 29.5 Å². The molecule has 4 heterocycles. The fourth-order valence-corrected chi connectivity index (χ4v) is 4.38. The van der Waals surface area contributed by atoms with Gasteiger partial charge < -0.3 is 10.2 Å². The van der Waals surface area contributed by atoms with Gasteiger partial charge in [-0.15, -0.1) is 16.9 Å². The first-order valence-corrected chi connectivity index (χ1v) is 9.10. The summed E-state index contributed by atoms with van der Waals surface area (Å²) in [6.45, 7) is 0. The van der Waals surface area contributed by atoms with E-state index in [0.717, 1.165) is 12.1 Å². The van der Waals surface area contributed by atoms with Crippen LogP contribution in [0.2, 0.25) is 0 Å². The molecule has 0 amide bonds. The molecule has 0 saturated carbocycles. The van der Waals surface area contributed by atoms with Gasteiger partial charge in [-0.3, -0.25) is 0 Å². The van der Waals surface area contributed by atoms with Gasteiger partial charge in [-0.1, -0.05) is 36.4 Å². The SMILES string of the molecule is Nc1nc(C2(c3ccccc3)CC=CS2)cc2nc(-c3ccco3)nn12. The van der Waals surface area contributed by atoms with Crippen LogP contribution in [-0.4, -0.2) is 19.6 Å². The Hall–Kier alpha value is -3.06. The summed E-state index contributed by atoms with van der Waals surface area (Å²) in [4.78, 5) is 9.25. The molecule has 5 rings (SSSR count). The highest BCUT2D eigenvalue weighted by atomic mass is 32.2. The van der Waals surface area contributed by atoms with Crippen molar-refractivity contribution in [2.75, 3.05) is 5.73 Å². The smallest absolute Gasteiger partial charge is 0.223 e. The molecule has 0 radical (unpaired) electrons. The zero-order valence-corrected chi connectivity index (χ0v) is 14.6. The summed E-state index contributed by atoms with van der Waals surface area (Å²) < 4.78 is 6.65. The summed E-state index contributed by atoms with van der Waals surface area (Å²) in [6.07, 6.45) is 4.61. The van der Waals surface area contributed by atoms with Crippen LogP contribution < -0.4 is 5.73 Å². The Labute approximate surface area is 153 Å². The Morgan fingerprint density at radius 2 is 2.00 bits per heavy atom. The van der Waals surface area contributed by atoms with Gasteiger partial charge >= 0.3 is 0 Å². The Balaban J connectivity index is 1.69. The third-order valence-corrected chi connectivity index (χ3v) is 5.86. The van der Waals surface area contributed by atoms with E-state index >= 15 is 0 Å². The quantitative estimate of drug-likeness (QED) is 0.597. The first kappa shape index (κ1) is 15.2. The minimum absolute atomic E-state index is 0.298. The molecule has 0 bridgehead atoms. The zero-order chi connectivity index (χ0) is 17.6. The number of nitrogens with zero attached hydrogens (tertiary/aromatic N) is 4. The highest BCUT2D eigenvalue weighted by Crippen LogP contribution is 2.50. The number of hydrogen-bond donors (Lipinski definition) is 1. The number of fused-ring (bicyclic) bond motifs is 1. The molecule has 4 aromatic rings. The summed E-state index contributed by atoms with van der Waals surface area (Å²) in [7, 11) is 0. The van der Waals surface area contributed by atoms with E-state index in [1.807, 2.05) is 30.3 Å². The van der Waals surface area contributed by atoms with Crippen molar-refractivity contribution >= 4 is 23.4 Å². The maximum atomic E-state index is 6.22.